The molecule has 2 saturated heterocycles. The smallest absolute Gasteiger partial charge is 0.219 e. The SMILES string of the molecule is CC(=O)N1CC2(CC(CN3CCC(c4cnc(C(C)C)nc4)CC3)C2)C1. The number of hydrogen-bond acceptors (Lipinski definition) is 4. The molecular formula is C21H32N4O. The van der Waals surface area contributed by atoms with Gasteiger partial charge in [0.05, 0.1) is 0 Å². The van der Waals surface area contributed by atoms with Gasteiger partial charge in [0.25, 0.3) is 0 Å². The van der Waals surface area contributed by atoms with Gasteiger partial charge in [0.1, 0.15) is 5.82 Å². The van der Waals surface area contributed by atoms with E-state index in [0.29, 0.717) is 17.3 Å². The van der Waals surface area contributed by atoms with E-state index in [-0.39, 0.29) is 5.91 Å². The van der Waals surface area contributed by atoms with Crippen LogP contribution in [0, 0.1) is 11.3 Å². The van der Waals surface area contributed by atoms with Crippen LogP contribution in [0.15, 0.2) is 12.4 Å². The molecule has 3 fully saturated rings. The Bertz CT molecular complexity index is 634. The summed E-state index contributed by atoms with van der Waals surface area (Å²) >= 11 is 0. The molecule has 3 heterocycles. The van der Waals surface area contributed by atoms with Crippen LogP contribution in [0.1, 0.15) is 69.7 Å². The van der Waals surface area contributed by atoms with Gasteiger partial charge >= 0.3 is 0 Å². The maximum absolute atomic E-state index is 11.4. The van der Waals surface area contributed by atoms with Crippen LogP contribution in [-0.4, -0.2) is 58.4 Å². The lowest BCUT2D eigenvalue weighted by molar-refractivity contribution is -0.153. The molecule has 0 radical (unpaired) electrons. The third-order valence-corrected chi connectivity index (χ3v) is 6.72. The van der Waals surface area contributed by atoms with Gasteiger partial charge in [-0.05, 0) is 56.2 Å². The highest BCUT2D eigenvalue weighted by atomic mass is 16.2. The molecule has 2 aliphatic heterocycles. The first-order valence-electron chi connectivity index (χ1n) is 10.2. The topological polar surface area (TPSA) is 49.3 Å². The molecule has 5 heteroatoms. The summed E-state index contributed by atoms with van der Waals surface area (Å²) in [5.74, 6) is 3.05. The lowest BCUT2D eigenvalue weighted by Gasteiger charge is -2.59. The van der Waals surface area contributed by atoms with Crippen LogP contribution in [0.25, 0.3) is 0 Å². The number of nitrogens with zero attached hydrogens (tertiary/aromatic N) is 4. The zero-order valence-electron chi connectivity index (χ0n) is 16.4. The van der Waals surface area contributed by atoms with Gasteiger partial charge in [0.2, 0.25) is 5.91 Å². The molecule has 0 atom stereocenters. The highest BCUT2D eigenvalue weighted by Crippen LogP contribution is 2.52. The largest absolute Gasteiger partial charge is 0.342 e. The van der Waals surface area contributed by atoms with Gasteiger partial charge in [-0.25, -0.2) is 9.97 Å². The molecule has 4 rings (SSSR count). The highest BCUT2D eigenvalue weighted by Gasteiger charge is 2.53. The Kier molecular flexibility index (Phi) is 4.76. The first-order valence-corrected chi connectivity index (χ1v) is 10.2. The quantitative estimate of drug-likeness (QED) is 0.832. The highest BCUT2D eigenvalue weighted by molar-refractivity contribution is 5.74. The number of carbonyl (C=O) groups is 1. The minimum absolute atomic E-state index is 0.242. The van der Waals surface area contributed by atoms with Crippen LogP contribution in [-0.2, 0) is 4.79 Å². The van der Waals surface area contributed by atoms with Gasteiger partial charge in [0.15, 0.2) is 0 Å². The number of likely N-dealkylation sites (tertiary alicyclic amines) is 2. The third kappa shape index (κ3) is 3.51. The number of hydrogen-bond donors (Lipinski definition) is 0. The van der Waals surface area contributed by atoms with E-state index in [2.05, 4.69) is 41.1 Å². The average molecular weight is 357 g/mol. The lowest BCUT2D eigenvalue weighted by Crippen LogP contribution is -2.64. The minimum atomic E-state index is 0.242. The van der Waals surface area contributed by atoms with E-state index in [1.54, 1.807) is 6.92 Å². The van der Waals surface area contributed by atoms with Crippen LogP contribution in [0.3, 0.4) is 0 Å². The Balaban J connectivity index is 1.20. The normalized spacial score (nSPS) is 23.9. The molecule has 1 aromatic rings. The second kappa shape index (κ2) is 6.91. The molecule has 0 N–H and O–H groups in total. The Labute approximate surface area is 157 Å². The second-order valence-electron chi connectivity index (χ2n) is 9.25. The summed E-state index contributed by atoms with van der Waals surface area (Å²) in [5, 5.41) is 0. The molecule has 1 aliphatic carbocycles. The van der Waals surface area contributed by atoms with Crippen LogP contribution in [0.4, 0.5) is 0 Å². The molecule has 0 bridgehead atoms. The number of rotatable bonds is 4. The van der Waals surface area contributed by atoms with E-state index in [0.717, 1.165) is 24.8 Å². The predicted molar refractivity (Wildman–Crippen MR) is 102 cm³/mol. The van der Waals surface area contributed by atoms with Crippen LogP contribution in [0.5, 0.6) is 0 Å². The second-order valence-corrected chi connectivity index (χ2v) is 9.25. The number of aromatic nitrogens is 2. The Morgan fingerprint density at radius 1 is 1.19 bits per heavy atom. The van der Waals surface area contributed by atoms with Crippen molar-refractivity contribution < 1.29 is 4.79 Å². The molecular weight excluding hydrogens is 324 g/mol. The molecule has 0 aromatic carbocycles. The van der Waals surface area contributed by atoms with E-state index in [1.807, 2.05) is 4.90 Å². The van der Waals surface area contributed by atoms with Gasteiger partial charge < -0.3 is 9.80 Å². The first kappa shape index (κ1) is 17.9. The zero-order valence-corrected chi connectivity index (χ0v) is 16.4. The minimum Gasteiger partial charge on any atom is -0.342 e. The first-order chi connectivity index (χ1) is 12.4. The Hall–Kier alpha value is -1.49. The van der Waals surface area contributed by atoms with Crippen molar-refractivity contribution >= 4 is 5.91 Å². The fourth-order valence-electron chi connectivity index (χ4n) is 5.21. The van der Waals surface area contributed by atoms with E-state index in [9.17, 15) is 4.79 Å². The third-order valence-electron chi connectivity index (χ3n) is 6.72. The maximum atomic E-state index is 11.4. The summed E-state index contributed by atoms with van der Waals surface area (Å²) in [6, 6.07) is 0. The summed E-state index contributed by atoms with van der Waals surface area (Å²) in [5.41, 5.74) is 1.81. The van der Waals surface area contributed by atoms with Crippen LogP contribution >= 0.6 is 0 Å². The summed E-state index contributed by atoms with van der Waals surface area (Å²) in [7, 11) is 0. The van der Waals surface area contributed by atoms with Gasteiger partial charge in [-0.15, -0.1) is 0 Å². The summed E-state index contributed by atoms with van der Waals surface area (Å²) in [6.07, 6.45) is 9.19. The molecule has 1 saturated carbocycles. The van der Waals surface area contributed by atoms with Crippen molar-refractivity contribution in [2.75, 3.05) is 32.7 Å². The summed E-state index contributed by atoms with van der Waals surface area (Å²) in [6.45, 7) is 11.6. The van der Waals surface area contributed by atoms with Crippen LogP contribution < -0.4 is 0 Å². The fourth-order valence-corrected chi connectivity index (χ4v) is 5.21. The summed E-state index contributed by atoms with van der Waals surface area (Å²) in [4.78, 5) is 25.1. The van der Waals surface area contributed by atoms with Gasteiger partial charge in [-0.1, -0.05) is 13.8 Å². The van der Waals surface area contributed by atoms with E-state index in [1.165, 1.54) is 50.9 Å². The van der Waals surface area contributed by atoms with E-state index < -0.39 is 0 Å². The molecule has 0 unspecified atom stereocenters. The lowest BCUT2D eigenvalue weighted by atomic mass is 9.57. The van der Waals surface area contributed by atoms with Crippen molar-refractivity contribution in [1.29, 1.82) is 0 Å². The van der Waals surface area contributed by atoms with Gasteiger partial charge in [0, 0.05) is 50.3 Å². The average Bonchev–Trinajstić information content (AvgIpc) is 2.56. The van der Waals surface area contributed by atoms with Crippen molar-refractivity contribution in [2.24, 2.45) is 11.3 Å². The standard InChI is InChI=1S/C21H32N4O/c1-15(2)20-22-10-19(11-23-20)18-4-6-24(7-5-18)12-17-8-21(9-17)13-25(14-21)16(3)26/h10-11,15,17-18H,4-9,12-14H2,1-3H3. The molecule has 5 nitrogen and oxygen atoms in total. The Morgan fingerprint density at radius 3 is 2.35 bits per heavy atom. The van der Waals surface area contributed by atoms with Crippen molar-refractivity contribution in [3.8, 4) is 0 Å². The summed E-state index contributed by atoms with van der Waals surface area (Å²) < 4.78 is 0. The van der Waals surface area contributed by atoms with Crippen LogP contribution in [0.2, 0.25) is 0 Å². The van der Waals surface area contributed by atoms with Gasteiger partial charge in [-0.2, -0.15) is 0 Å². The van der Waals surface area contributed by atoms with Gasteiger partial charge in [-0.3, -0.25) is 4.79 Å². The number of amides is 1. The van der Waals surface area contributed by atoms with Crippen molar-refractivity contribution in [3.05, 3.63) is 23.8 Å². The molecule has 3 aliphatic rings. The maximum Gasteiger partial charge on any atom is 0.219 e. The predicted octanol–water partition coefficient (Wildman–Crippen LogP) is 3.04. The van der Waals surface area contributed by atoms with E-state index >= 15 is 0 Å². The molecule has 1 spiro atoms. The molecule has 142 valence electrons. The number of carbonyl (C=O) groups excluding carboxylic acids is 1. The zero-order chi connectivity index (χ0) is 18.3. The monoisotopic (exact) mass is 356 g/mol. The molecule has 26 heavy (non-hydrogen) atoms. The van der Waals surface area contributed by atoms with Crippen molar-refractivity contribution in [2.45, 2.75) is 58.3 Å². The van der Waals surface area contributed by atoms with E-state index in [4.69, 9.17) is 0 Å². The number of piperidine rings is 1. The van der Waals surface area contributed by atoms with Crippen molar-refractivity contribution in [1.82, 2.24) is 19.8 Å². The molecule has 1 aromatic heterocycles. The fraction of sp³-hybridized carbons (Fsp3) is 0.762. The van der Waals surface area contributed by atoms with Crippen molar-refractivity contribution in [3.63, 3.8) is 0 Å². The molecule has 1 amide bonds. The Morgan fingerprint density at radius 2 is 1.81 bits per heavy atom.